The van der Waals surface area contributed by atoms with Crippen molar-refractivity contribution < 1.29 is 15.3 Å². The number of aliphatic hydroxyl groups is 3. The largest absolute Gasteiger partial charge is 0.374 e. The molecular formula is C21H23N3O3. The molecule has 0 radical (unpaired) electrons. The highest BCUT2D eigenvalue weighted by atomic mass is 16.3. The maximum absolute atomic E-state index is 10.4. The van der Waals surface area contributed by atoms with E-state index in [4.69, 9.17) is 0 Å². The summed E-state index contributed by atoms with van der Waals surface area (Å²) in [5.74, 6) is 0. The number of aliphatic hydroxyl groups excluding tert-OH is 3. The minimum absolute atomic E-state index is 0.720. The molecule has 1 aliphatic rings. The Kier molecular flexibility index (Phi) is 4.39. The molecule has 1 aliphatic heterocycles. The fraction of sp³-hybridized carbons (Fsp3) is 0.238. The summed E-state index contributed by atoms with van der Waals surface area (Å²) < 4.78 is 0. The average molecular weight is 365 g/mol. The van der Waals surface area contributed by atoms with Crippen molar-refractivity contribution in [3.8, 4) is 0 Å². The molecule has 6 nitrogen and oxygen atoms in total. The summed E-state index contributed by atoms with van der Waals surface area (Å²) in [6.45, 7) is 3.24. The number of hydrogen-bond acceptors (Lipinski definition) is 5. The zero-order chi connectivity index (χ0) is 19.1. The number of para-hydroxylation sites is 1. The maximum Gasteiger partial charge on any atom is 0.151 e. The lowest BCUT2D eigenvalue weighted by atomic mass is 10.0. The number of benzene rings is 2. The number of nitrogens with zero attached hydrogens (tertiary/aromatic N) is 1. The zero-order valence-corrected chi connectivity index (χ0v) is 15.2. The van der Waals surface area contributed by atoms with Crippen LogP contribution < -0.4 is 10.2 Å². The third-order valence-electron chi connectivity index (χ3n) is 4.94. The van der Waals surface area contributed by atoms with Gasteiger partial charge in [0.15, 0.2) is 6.23 Å². The van der Waals surface area contributed by atoms with Crippen LogP contribution in [0.15, 0.2) is 48.7 Å². The van der Waals surface area contributed by atoms with E-state index >= 15 is 0 Å². The van der Waals surface area contributed by atoms with E-state index < -0.39 is 18.7 Å². The molecule has 0 fully saturated rings. The highest BCUT2D eigenvalue weighted by molar-refractivity contribution is 6.00. The summed E-state index contributed by atoms with van der Waals surface area (Å²) in [5, 5.41) is 34.4. The molecule has 0 spiro atoms. The minimum atomic E-state index is -0.823. The van der Waals surface area contributed by atoms with Crippen LogP contribution in [0.2, 0.25) is 0 Å². The molecule has 27 heavy (non-hydrogen) atoms. The molecule has 3 atom stereocenters. The van der Waals surface area contributed by atoms with Gasteiger partial charge in [-0.3, -0.25) is 0 Å². The van der Waals surface area contributed by atoms with Crippen molar-refractivity contribution in [1.29, 1.82) is 0 Å². The Morgan fingerprint density at radius 2 is 1.81 bits per heavy atom. The number of aromatic nitrogens is 1. The van der Waals surface area contributed by atoms with Gasteiger partial charge in [0.25, 0.3) is 0 Å². The van der Waals surface area contributed by atoms with E-state index in [1.54, 1.807) is 13.8 Å². The molecule has 0 saturated carbocycles. The Morgan fingerprint density at radius 3 is 2.56 bits per heavy atom. The van der Waals surface area contributed by atoms with Crippen molar-refractivity contribution in [2.75, 3.05) is 10.2 Å². The lowest BCUT2D eigenvalue weighted by Gasteiger charge is -2.30. The van der Waals surface area contributed by atoms with Gasteiger partial charge >= 0.3 is 0 Å². The van der Waals surface area contributed by atoms with Gasteiger partial charge < -0.3 is 30.5 Å². The third kappa shape index (κ3) is 3.08. The smallest absolute Gasteiger partial charge is 0.151 e. The summed E-state index contributed by atoms with van der Waals surface area (Å²) in [6.07, 6.45) is 1.44. The lowest BCUT2D eigenvalue weighted by Crippen LogP contribution is -2.40. The predicted octanol–water partition coefficient (Wildman–Crippen LogP) is 2.94. The lowest BCUT2D eigenvalue weighted by molar-refractivity contribution is 0.105. The molecule has 0 saturated heterocycles. The van der Waals surface area contributed by atoms with Crippen molar-refractivity contribution in [3.63, 3.8) is 0 Å². The summed E-state index contributed by atoms with van der Waals surface area (Å²) in [7, 11) is 0. The topological polar surface area (TPSA) is 91.8 Å². The van der Waals surface area contributed by atoms with Gasteiger partial charge in [0.05, 0.1) is 0 Å². The van der Waals surface area contributed by atoms with Crippen LogP contribution in [-0.2, 0) is 0 Å². The van der Waals surface area contributed by atoms with Crippen LogP contribution in [0.5, 0.6) is 0 Å². The van der Waals surface area contributed by atoms with E-state index in [1.807, 2.05) is 54.7 Å². The average Bonchev–Trinajstić information content (AvgIpc) is 3.16. The maximum atomic E-state index is 10.4. The van der Waals surface area contributed by atoms with Gasteiger partial charge in [-0.05, 0) is 44.2 Å². The molecule has 2 heterocycles. The Hall–Kier alpha value is -2.80. The molecular weight excluding hydrogens is 342 g/mol. The molecule has 0 amide bonds. The second-order valence-electron chi connectivity index (χ2n) is 6.84. The van der Waals surface area contributed by atoms with Crippen LogP contribution in [0.1, 0.15) is 25.0 Å². The van der Waals surface area contributed by atoms with Crippen LogP contribution in [0.4, 0.5) is 11.4 Å². The molecule has 6 heteroatoms. The fourth-order valence-corrected chi connectivity index (χ4v) is 3.71. The van der Waals surface area contributed by atoms with Crippen molar-refractivity contribution >= 4 is 33.9 Å². The normalized spacial score (nSPS) is 19.7. The van der Waals surface area contributed by atoms with Crippen molar-refractivity contribution in [3.05, 3.63) is 59.8 Å². The molecule has 2 aromatic carbocycles. The molecule has 140 valence electrons. The third-order valence-corrected chi connectivity index (χ3v) is 4.94. The monoisotopic (exact) mass is 365 g/mol. The van der Waals surface area contributed by atoms with Crippen LogP contribution in [0, 0.1) is 0 Å². The van der Waals surface area contributed by atoms with E-state index in [-0.39, 0.29) is 0 Å². The first kappa shape index (κ1) is 17.6. The highest BCUT2D eigenvalue weighted by Crippen LogP contribution is 2.36. The molecule has 1 aromatic heterocycles. The van der Waals surface area contributed by atoms with Crippen LogP contribution >= 0.6 is 0 Å². The SMILES string of the molecule is CC(O)N(c1ccc2[nH]cc(C=C3c4ccccc4NC3O)c2c1)C(C)O. The van der Waals surface area contributed by atoms with Gasteiger partial charge in [0, 0.05) is 45.2 Å². The summed E-state index contributed by atoms with van der Waals surface area (Å²) in [6, 6.07) is 13.5. The first-order valence-electron chi connectivity index (χ1n) is 8.97. The number of anilines is 2. The molecule has 4 rings (SSSR count). The Labute approximate surface area is 157 Å². The zero-order valence-electron chi connectivity index (χ0n) is 15.2. The van der Waals surface area contributed by atoms with E-state index in [9.17, 15) is 15.3 Å². The number of hydrogen-bond donors (Lipinski definition) is 5. The predicted molar refractivity (Wildman–Crippen MR) is 108 cm³/mol. The number of H-pyrrole nitrogens is 1. The molecule has 0 bridgehead atoms. The van der Waals surface area contributed by atoms with Crippen molar-refractivity contribution in [1.82, 2.24) is 4.98 Å². The summed E-state index contributed by atoms with van der Waals surface area (Å²) in [5.41, 5.74) is 5.28. The first-order valence-corrected chi connectivity index (χ1v) is 8.97. The summed E-state index contributed by atoms with van der Waals surface area (Å²) >= 11 is 0. The molecule has 5 N–H and O–H groups in total. The van der Waals surface area contributed by atoms with Crippen LogP contribution in [0.3, 0.4) is 0 Å². The Morgan fingerprint density at radius 1 is 1.07 bits per heavy atom. The Balaban J connectivity index is 1.81. The van der Waals surface area contributed by atoms with Crippen LogP contribution in [0.25, 0.3) is 22.6 Å². The Bertz CT molecular complexity index is 999. The highest BCUT2D eigenvalue weighted by Gasteiger charge is 2.24. The fourth-order valence-electron chi connectivity index (χ4n) is 3.71. The van der Waals surface area contributed by atoms with Gasteiger partial charge in [0.2, 0.25) is 0 Å². The second-order valence-corrected chi connectivity index (χ2v) is 6.84. The number of rotatable bonds is 4. The van der Waals surface area contributed by atoms with Gasteiger partial charge in [-0.1, -0.05) is 18.2 Å². The number of aromatic amines is 1. The standard InChI is InChI=1S/C21H23N3O3/c1-12(25)24(13(2)26)15-7-8-19-17(10-15)14(11-22-19)9-18-16-5-3-4-6-20(16)23-21(18)27/h3-13,21-23,25-27H,1-2H3. The molecule has 3 unspecified atom stereocenters. The second kappa shape index (κ2) is 6.74. The minimum Gasteiger partial charge on any atom is -0.374 e. The van der Waals surface area contributed by atoms with E-state index in [2.05, 4.69) is 10.3 Å². The van der Waals surface area contributed by atoms with E-state index in [0.29, 0.717) is 0 Å². The van der Waals surface area contributed by atoms with Gasteiger partial charge in [-0.2, -0.15) is 0 Å². The van der Waals surface area contributed by atoms with Crippen LogP contribution in [-0.4, -0.2) is 39.0 Å². The summed E-state index contributed by atoms with van der Waals surface area (Å²) in [4.78, 5) is 4.77. The quantitative estimate of drug-likeness (QED) is 0.459. The van der Waals surface area contributed by atoms with Crippen molar-refractivity contribution in [2.24, 2.45) is 0 Å². The van der Waals surface area contributed by atoms with Gasteiger partial charge in [-0.15, -0.1) is 0 Å². The number of nitrogens with one attached hydrogen (secondary N) is 2. The van der Waals surface area contributed by atoms with E-state index in [0.717, 1.165) is 39.0 Å². The van der Waals surface area contributed by atoms with Gasteiger partial charge in [-0.25, -0.2) is 0 Å². The molecule has 0 aliphatic carbocycles. The first-order chi connectivity index (χ1) is 13.0. The van der Waals surface area contributed by atoms with E-state index in [1.165, 1.54) is 4.90 Å². The van der Waals surface area contributed by atoms with Crippen molar-refractivity contribution in [2.45, 2.75) is 32.5 Å². The van der Waals surface area contributed by atoms with Gasteiger partial charge in [0.1, 0.15) is 12.5 Å². The molecule has 3 aromatic rings. The number of fused-ring (bicyclic) bond motifs is 2.